The number of aliphatic hydroxyl groups is 1. The van der Waals surface area contributed by atoms with Gasteiger partial charge >= 0.3 is 6.18 Å². The summed E-state index contributed by atoms with van der Waals surface area (Å²) in [6, 6.07) is 4.59. The van der Waals surface area contributed by atoms with Gasteiger partial charge in [0.05, 0.1) is 0 Å². The summed E-state index contributed by atoms with van der Waals surface area (Å²) in [5, 5.41) is 9.33. The number of fused-ring (bicyclic) bond motifs is 1. The number of hydrogen-bond acceptors (Lipinski definition) is 2. The SMILES string of the molecule is CC1=NCCc2c1cccc2[C@@H](O)C(F)(F)F. The standard InChI is InChI=1S/C12H12F3NO/c1-7-8-3-2-4-10(9(8)5-6-16-7)11(17)12(13,14)15/h2-4,11,17H,5-6H2,1H3/t11-/m1/s1. The molecule has 2 rings (SSSR count). The minimum atomic E-state index is -4.63. The highest BCUT2D eigenvalue weighted by molar-refractivity contribution is 6.01. The average Bonchev–Trinajstić information content (AvgIpc) is 2.27. The fourth-order valence-electron chi connectivity index (χ4n) is 2.08. The van der Waals surface area contributed by atoms with E-state index in [9.17, 15) is 18.3 Å². The molecular weight excluding hydrogens is 231 g/mol. The summed E-state index contributed by atoms with van der Waals surface area (Å²) in [6.07, 6.45) is -6.60. The second-order valence-corrected chi connectivity index (χ2v) is 4.03. The van der Waals surface area contributed by atoms with Gasteiger partial charge in [0, 0.05) is 12.3 Å². The minimum absolute atomic E-state index is 0.0516. The molecule has 17 heavy (non-hydrogen) atoms. The first-order valence-corrected chi connectivity index (χ1v) is 5.29. The molecule has 0 bridgehead atoms. The van der Waals surface area contributed by atoms with Crippen LogP contribution in [0.5, 0.6) is 0 Å². The largest absolute Gasteiger partial charge is 0.418 e. The van der Waals surface area contributed by atoms with Gasteiger partial charge in [-0.05, 0) is 30.0 Å². The molecule has 0 aliphatic carbocycles. The summed E-state index contributed by atoms with van der Waals surface area (Å²) < 4.78 is 37.6. The maximum absolute atomic E-state index is 12.5. The molecule has 1 N–H and O–H groups in total. The van der Waals surface area contributed by atoms with Crippen molar-refractivity contribution in [2.24, 2.45) is 4.99 Å². The summed E-state index contributed by atoms with van der Waals surface area (Å²) in [6.45, 7) is 2.24. The third-order valence-corrected chi connectivity index (χ3v) is 2.92. The topological polar surface area (TPSA) is 32.6 Å². The Kier molecular flexibility index (Phi) is 2.95. The molecule has 2 nitrogen and oxygen atoms in total. The molecule has 0 fully saturated rings. The Labute approximate surface area is 96.8 Å². The Morgan fingerprint density at radius 1 is 1.35 bits per heavy atom. The highest BCUT2D eigenvalue weighted by Gasteiger charge is 2.40. The van der Waals surface area contributed by atoms with Crippen molar-refractivity contribution in [1.29, 1.82) is 0 Å². The van der Waals surface area contributed by atoms with E-state index in [1.54, 1.807) is 13.0 Å². The molecule has 92 valence electrons. The summed E-state index contributed by atoms with van der Waals surface area (Å²) in [5.74, 6) is 0. The summed E-state index contributed by atoms with van der Waals surface area (Å²) in [5.41, 5.74) is 1.94. The van der Waals surface area contributed by atoms with Crippen LogP contribution in [0, 0.1) is 0 Å². The van der Waals surface area contributed by atoms with E-state index in [4.69, 9.17) is 0 Å². The lowest BCUT2D eigenvalue weighted by Crippen LogP contribution is -2.23. The first kappa shape index (κ1) is 12.1. The van der Waals surface area contributed by atoms with Crippen LogP contribution in [0.15, 0.2) is 23.2 Å². The van der Waals surface area contributed by atoms with Crippen LogP contribution in [0.2, 0.25) is 0 Å². The number of benzene rings is 1. The molecule has 1 aliphatic rings. The van der Waals surface area contributed by atoms with Gasteiger partial charge in [-0.2, -0.15) is 13.2 Å². The molecule has 1 aromatic carbocycles. The number of alkyl halides is 3. The number of rotatable bonds is 1. The zero-order chi connectivity index (χ0) is 12.6. The molecule has 0 unspecified atom stereocenters. The normalized spacial score (nSPS) is 17.4. The maximum atomic E-state index is 12.5. The predicted molar refractivity (Wildman–Crippen MR) is 58.2 cm³/mol. The molecule has 0 saturated heterocycles. The molecule has 0 radical (unpaired) electrons. The van der Waals surface area contributed by atoms with Crippen LogP contribution in [0.1, 0.15) is 29.7 Å². The highest BCUT2D eigenvalue weighted by Crippen LogP contribution is 2.36. The van der Waals surface area contributed by atoms with Crippen molar-refractivity contribution in [1.82, 2.24) is 0 Å². The van der Waals surface area contributed by atoms with Crippen molar-refractivity contribution >= 4 is 5.71 Å². The molecular formula is C12H12F3NO. The van der Waals surface area contributed by atoms with Gasteiger partial charge in [0.25, 0.3) is 0 Å². The lowest BCUT2D eigenvalue weighted by atomic mass is 9.91. The van der Waals surface area contributed by atoms with Crippen molar-refractivity contribution in [3.05, 3.63) is 34.9 Å². The lowest BCUT2D eigenvalue weighted by molar-refractivity contribution is -0.207. The molecule has 1 aliphatic heterocycles. The fourth-order valence-corrected chi connectivity index (χ4v) is 2.08. The van der Waals surface area contributed by atoms with Gasteiger partial charge in [-0.3, -0.25) is 4.99 Å². The Morgan fingerprint density at radius 3 is 2.71 bits per heavy atom. The third-order valence-electron chi connectivity index (χ3n) is 2.92. The zero-order valence-electron chi connectivity index (χ0n) is 9.25. The Hall–Kier alpha value is -1.36. The van der Waals surface area contributed by atoms with E-state index in [1.165, 1.54) is 12.1 Å². The Bertz CT molecular complexity index is 465. The van der Waals surface area contributed by atoms with Crippen LogP contribution in [0.25, 0.3) is 0 Å². The van der Waals surface area contributed by atoms with E-state index in [2.05, 4.69) is 4.99 Å². The van der Waals surface area contributed by atoms with Gasteiger partial charge in [0.2, 0.25) is 0 Å². The van der Waals surface area contributed by atoms with Gasteiger partial charge in [0.15, 0.2) is 6.10 Å². The highest BCUT2D eigenvalue weighted by atomic mass is 19.4. The smallest absolute Gasteiger partial charge is 0.379 e. The monoisotopic (exact) mass is 243 g/mol. The van der Waals surface area contributed by atoms with Gasteiger partial charge in [-0.15, -0.1) is 0 Å². The van der Waals surface area contributed by atoms with Crippen molar-refractivity contribution in [3.8, 4) is 0 Å². The summed E-state index contributed by atoms with van der Waals surface area (Å²) >= 11 is 0. The molecule has 1 heterocycles. The van der Waals surface area contributed by atoms with Crippen molar-refractivity contribution in [2.75, 3.05) is 6.54 Å². The minimum Gasteiger partial charge on any atom is -0.379 e. The maximum Gasteiger partial charge on any atom is 0.418 e. The van der Waals surface area contributed by atoms with Gasteiger partial charge in [-0.1, -0.05) is 18.2 Å². The van der Waals surface area contributed by atoms with Gasteiger partial charge in [-0.25, -0.2) is 0 Å². The quantitative estimate of drug-likeness (QED) is 0.808. The second-order valence-electron chi connectivity index (χ2n) is 4.03. The molecule has 0 spiro atoms. The van der Waals surface area contributed by atoms with E-state index >= 15 is 0 Å². The Morgan fingerprint density at radius 2 is 2.06 bits per heavy atom. The van der Waals surface area contributed by atoms with Crippen molar-refractivity contribution < 1.29 is 18.3 Å². The van der Waals surface area contributed by atoms with Crippen molar-refractivity contribution in [3.63, 3.8) is 0 Å². The molecule has 0 aromatic heterocycles. The van der Waals surface area contributed by atoms with E-state index < -0.39 is 12.3 Å². The van der Waals surface area contributed by atoms with Gasteiger partial charge < -0.3 is 5.11 Å². The van der Waals surface area contributed by atoms with E-state index in [-0.39, 0.29) is 5.56 Å². The first-order valence-electron chi connectivity index (χ1n) is 5.29. The van der Waals surface area contributed by atoms with Gasteiger partial charge in [0.1, 0.15) is 0 Å². The molecule has 0 saturated carbocycles. The molecule has 1 atom stereocenters. The van der Waals surface area contributed by atoms with Crippen molar-refractivity contribution in [2.45, 2.75) is 25.6 Å². The third kappa shape index (κ3) is 2.20. The van der Waals surface area contributed by atoms with Crippen LogP contribution < -0.4 is 0 Å². The summed E-state index contributed by atoms with van der Waals surface area (Å²) in [7, 11) is 0. The molecule has 0 amide bonds. The molecule has 1 aromatic rings. The van der Waals surface area contributed by atoms with Crippen LogP contribution in [-0.4, -0.2) is 23.5 Å². The Balaban J connectivity index is 2.51. The fraction of sp³-hybridized carbons (Fsp3) is 0.417. The number of aliphatic hydroxyl groups excluding tert-OH is 1. The average molecular weight is 243 g/mol. The van der Waals surface area contributed by atoms with Crippen LogP contribution in [0.4, 0.5) is 13.2 Å². The second kappa shape index (κ2) is 4.14. The lowest BCUT2D eigenvalue weighted by Gasteiger charge is -2.22. The first-order chi connectivity index (χ1) is 7.91. The summed E-state index contributed by atoms with van der Waals surface area (Å²) in [4.78, 5) is 4.19. The zero-order valence-corrected chi connectivity index (χ0v) is 9.25. The van der Waals surface area contributed by atoms with Crippen LogP contribution in [0.3, 0.4) is 0 Å². The number of halogens is 3. The number of aliphatic imine (C=N–C) groups is 1. The van der Waals surface area contributed by atoms with Crippen LogP contribution in [-0.2, 0) is 6.42 Å². The van der Waals surface area contributed by atoms with E-state index in [1.807, 2.05) is 0 Å². The number of nitrogens with zero attached hydrogens (tertiary/aromatic N) is 1. The van der Waals surface area contributed by atoms with E-state index in [0.29, 0.717) is 24.1 Å². The predicted octanol–water partition coefficient (Wildman–Crippen LogP) is 2.65. The number of hydrogen-bond donors (Lipinski definition) is 1. The molecule has 5 heteroatoms. The van der Waals surface area contributed by atoms with E-state index in [0.717, 1.165) is 5.71 Å². The van der Waals surface area contributed by atoms with Crippen LogP contribution >= 0.6 is 0 Å².